The van der Waals surface area contributed by atoms with Crippen molar-refractivity contribution < 1.29 is 0 Å². The van der Waals surface area contributed by atoms with Gasteiger partial charge in [-0.15, -0.1) is 10.2 Å². The highest BCUT2D eigenvalue weighted by molar-refractivity contribution is 5.30. The van der Waals surface area contributed by atoms with Gasteiger partial charge in [-0.3, -0.25) is 4.68 Å². The number of nitrogens with two attached hydrogens (primary N) is 1. The molecule has 3 heterocycles. The molecule has 1 aliphatic rings. The summed E-state index contributed by atoms with van der Waals surface area (Å²) < 4.78 is 4.00. The SMILES string of the molecule is CC1CCn2c(nnc2Cn2cc(N)cn2)C1. The predicted molar refractivity (Wildman–Crippen MR) is 63.2 cm³/mol. The van der Waals surface area contributed by atoms with Crippen LogP contribution in [0.5, 0.6) is 0 Å². The summed E-state index contributed by atoms with van der Waals surface area (Å²) in [6, 6.07) is 0. The third-order valence-corrected chi connectivity index (χ3v) is 3.24. The van der Waals surface area contributed by atoms with Crippen LogP contribution in [0.3, 0.4) is 0 Å². The van der Waals surface area contributed by atoms with Gasteiger partial charge >= 0.3 is 0 Å². The molecule has 0 aromatic carbocycles. The standard InChI is InChI=1S/C11H16N6/c1-8-2-3-17-10(4-8)14-15-11(17)7-16-6-9(12)5-13-16/h5-6,8H,2-4,7,12H2,1H3. The highest BCUT2D eigenvalue weighted by atomic mass is 15.3. The van der Waals surface area contributed by atoms with E-state index in [1.165, 1.54) is 6.42 Å². The molecule has 0 radical (unpaired) electrons. The molecule has 90 valence electrons. The fraction of sp³-hybridized carbons (Fsp3) is 0.545. The van der Waals surface area contributed by atoms with E-state index in [4.69, 9.17) is 5.73 Å². The highest BCUT2D eigenvalue weighted by Gasteiger charge is 2.20. The molecule has 0 bridgehead atoms. The minimum Gasteiger partial charge on any atom is -0.396 e. The molecule has 1 unspecified atom stereocenters. The zero-order valence-electron chi connectivity index (χ0n) is 9.87. The maximum Gasteiger partial charge on any atom is 0.154 e. The van der Waals surface area contributed by atoms with Crippen LogP contribution in [0.15, 0.2) is 12.4 Å². The van der Waals surface area contributed by atoms with Gasteiger partial charge in [-0.1, -0.05) is 6.92 Å². The van der Waals surface area contributed by atoms with Crippen LogP contribution in [0.1, 0.15) is 25.0 Å². The van der Waals surface area contributed by atoms with Crippen molar-refractivity contribution in [2.75, 3.05) is 5.73 Å². The number of hydrogen-bond acceptors (Lipinski definition) is 4. The first-order valence-corrected chi connectivity index (χ1v) is 5.91. The molecule has 0 fully saturated rings. The van der Waals surface area contributed by atoms with Gasteiger partial charge in [-0.2, -0.15) is 5.10 Å². The first kappa shape index (κ1) is 10.3. The van der Waals surface area contributed by atoms with Crippen LogP contribution in [0.25, 0.3) is 0 Å². The Labute approximate surface area is 99.4 Å². The molecular formula is C11H16N6. The topological polar surface area (TPSA) is 74.5 Å². The van der Waals surface area contributed by atoms with Crippen molar-refractivity contribution in [3.05, 3.63) is 24.0 Å². The van der Waals surface area contributed by atoms with E-state index < -0.39 is 0 Å². The van der Waals surface area contributed by atoms with Gasteiger partial charge in [0.1, 0.15) is 12.4 Å². The molecule has 17 heavy (non-hydrogen) atoms. The van der Waals surface area contributed by atoms with E-state index in [1.807, 2.05) is 6.20 Å². The van der Waals surface area contributed by atoms with Gasteiger partial charge in [0.2, 0.25) is 0 Å². The molecule has 0 amide bonds. The summed E-state index contributed by atoms with van der Waals surface area (Å²) in [6.45, 7) is 3.90. The summed E-state index contributed by atoms with van der Waals surface area (Å²) in [5, 5.41) is 12.7. The first-order chi connectivity index (χ1) is 8.22. The fourth-order valence-corrected chi connectivity index (χ4v) is 2.27. The normalized spacial score (nSPS) is 19.2. The third kappa shape index (κ3) is 1.90. The second kappa shape index (κ2) is 3.87. The lowest BCUT2D eigenvalue weighted by molar-refractivity contribution is 0.399. The zero-order chi connectivity index (χ0) is 11.8. The van der Waals surface area contributed by atoms with E-state index in [-0.39, 0.29) is 0 Å². The number of aromatic nitrogens is 5. The summed E-state index contributed by atoms with van der Waals surface area (Å²) in [4.78, 5) is 0. The van der Waals surface area contributed by atoms with Gasteiger partial charge < -0.3 is 10.3 Å². The molecule has 1 atom stereocenters. The van der Waals surface area contributed by atoms with E-state index in [2.05, 4.69) is 26.8 Å². The second-order valence-corrected chi connectivity index (χ2v) is 4.75. The van der Waals surface area contributed by atoms with Crippen molar-refractivity contribution >= 4 is 5.69 Å². The molecule has 3 rings (SSSR count). The predicted octanol–water partition coefficient (Wildman–Crippen LogP) is 0.687. The fourth-order valence-electron chi connectivity index (χ4n) is 2.27. The second-order valence-electron chi connectivity index (χ2n) is 4.75. The van der Waals surface area contributed by atoms with Crippen molar-refractivity contribution in [2.45, 2.75) is 32.9 Å². The molecular weight excluding hydrogens is 216 g/mol. The van der Waals surface area contributed by atoms with Crippen LogP contribution >= 0.6 is 0 Å². The Kier molecular flexibility index (Phi) is 2.35. The van der Waals surface area contributed by atoms with E-state index >= 15 is 0 Å². The maximum atomic E-state index is 5.64. The number of anilines is 1. The lowest BCUT2D eigenvalue weighted by Crippen LogP contribution is -2.20. The van der Waals surface area contributed by atoms with E-state index in [1.54, 1.807) is 10.9 Å². The summed E-state index contributed by atoms with van der Waals surface area (Å²) in [5.41, 5.74) is 6.32. The lowest BCUT2D eigenvalue weighted by Gasteiger charge is -2.20. The molecule has 2 aromatic heterocycles. The zero-order valence-corrected chi connectivity index (χ0v) is 9.87. The van der Waals surface area contributed by atoms with Crippen molar-refractivity contribution in [1.29, 1.82) is 0 Å². The average Bonchev–Trinajstić information content (AvgIpc) is 2.86. The van der Waals surface area contributed by atoms with E-state index in [0.29, 0.717) is 18.2 Å². The molecule has 0 aliphatic carbocycles. The third-order valence-electron chi connectivity index (χ3n) is 3.24. The lowest BCUT2D eigenvalue weighted by atomic mass is 10.0. The number of fused-ring (bicyclic) bond motifs is 1. The average molecular weight is 232 g/mol. The molecule has 0 spiro atoms. The Hall–Kier alpha value is -1.85. The maximum absolute atomic E-state index is 5.64. The molecule has 6 heteroatoms. The van der Waals surface area contributed by atoms with Gasteiger partial charge in [0.15, 0.2) is 5.82 Å². The monoisotopic (exact) mass is 232 g/mol. The minimum absolute atomic E-state index is 0.637. The number of nitrogen functional groups attached to an aromatic ring is 1. The molecule has 0 saturated heterocycles. The van der Waals surface area contributed by atoms with Gasteiger partial charge in [-0.05, 0) is 12.3 Å². The molecule has 1 aliphatic heterocycles. The van der Waals surface area contributed by atoms with Crippen LogP contribution < -0.4 is 5.73 Å². The van der Waals surface area contributed by atoms with Gasteiger partial charge in [0, 0.05) is 19.2 Å². The first-order valence-electron chi connectivity index (χ1n) is 5.91. The van der Waals surface area contributed by atoms with Crippen LogP contribution in [0.4, 0.5) is 5.69 Å². The molecule has 2 N–H and O–H groups in total. The summed E-state index contributed by atoms with van der Waals surface area (Å²) in [7, 11) is 0. The number of rotatable bonds is 2. The number of nitrogens with zero attached hydrogens (tertiary/aromatic N) is 5. The molecule has 2 aromatic rings. The number of hydrogen-bond donors (Lipinski definition) is 1. The Morgan fingerprint density at radius 1 is 1.47 bits per heavy atom. The van der Waals surface area contributed by atoms with Crippen molar-refractivity contribution in [2.24, 2.45) is 5.92 Å². The van der Waals surface area contributed by atoms with Crippen LogP contribution in [0.2, 0.25) is 0 Å². The largest absolute Gasteiger partial charge is 0.396 e. The van der Waals surface area contributed by atoms with Gasteiger partial charge in [-0.25, -0.2) is 0 Å². The van der Waals surface area contributed by atoms with Gasteiger partial charge in [0.05, 0.1) is 11.9 Å². The highest BCUT2D eigenvalue weighted by Crippen LogP contribution is 2.19. The van der Waals surface area contributed by atoms with Crippen LogP contribution in [-0.4, -0.2) is 24.5 Å². The summed E-state index contributed by atoms with van der Waals surface area (Å²) in [5.74, 6) is 2.77. The Morgan fingerprint density at radius 2 is 2.35 bits per heavy atom. The summed E-state index contributed by atoms with van der Waals surface area (Å²) in [6.07, 6.45) is 5.68. The summed E-state index contributed by atoms with van der Waals surface area (Å²) >= 11 is 0. The molecule has 0 saturated carbocycles. The minimum atomic E-state index is 0.637. The Balaban J connectivity index is 1.85. The van der Waals surface area contributed by atoms with Crippen LogP contribution in [-0.2, 0) is 19.5 Å². The van der Waals surface area contributed by atoms with E-state index in [0.717, 1.165) is 24.6 Å². The smallest absolute Gasteiger partial charge is 0.154 e. The quantitative estimate of drug-likeness (QED) is 0.826. The van der Waals surface area contributed by atoms with Crippen molar-refractivity contribution in [3.8, 4) is 0 Å². The van der Waals surface area contributed by atoms with Gasteiger partial charge in [0.25, 0.3) is 0 Å². The van der Waals surface area contributed by atoms with Crippen molar-refractivity contribution in [3.63, 3.8) is 0 Å². The molecule has 6 nitrogen and oxygen atoms in total. The van der Waals surface area contributed by atoms with Crippen LogP contribution in [0, 0.1) is 5.92 Å². The Morgan fingerprint density at radius 3 is 3.12 bits per heavy atom. The van der Waals surface area contributed by atoms with E-state index in [9.17, 15) is 0 Å². The Bertz CT molecular complexity index is 526. The van der Waals surface area contributed by atoms with Crippen molar-refractivity contribution in [1.82, 2.24) is 24.5 Å².